The lowest BCUT2D eigenvalue weighted by Gasteiger charge is -2.31. The second kappa shape index (κ2) is 8.88. The number of fused-ring (bicyclic) bond motifs is 1. The number of ether oxygens (including phenoxy) is 2. The molecule has 4 rings (SSSR count). The van der Waals surface area contributed by atoms with Crippen LogP contribution in [0.5, 0.6) is 5.75 Å². The summed E-state index contributed by atoms with van der Waals surface area (Å²) in [6, 6.07) is 10.5. The van der Waals surface area contributed by atoms with E-state index in [0.29, 0.717) is 50.6 Å². The topological polar surface area (TPSA) is 50.8 Å². The number of carbonyl (C=O) groups excluding carboxylic acids is 1. The third-order valence-electron chi connectivity index (χ3n) is 5.83. The molecule has 0 unspecified atom stereocenters. The van der Waals surface area contributed by atoms with Crippen LogP contribution in [0.15, 0.2) is 42.5 Å². The number of hydrogen-bond acceptors (Lipinski definition) is 4. The zero-order valence-electron chi connectivity index (χ0n) is 17.2. The molecule has 1 saturated heterocycles. The average molecular weight is 434 g/mol. The minimum atomic E-state index is -4.46. The van der Waals surface area contributed by atoms with Crippen LogP contribution in [-0.2, 0) is 22.1 Å². The molecule has 1 amide bonds. The number of morpholine rings is 1. The summed E-state index contributed by atoms with van der Waals surface area (Å²) in [5.41, 5.74) is 0.663. The average Bonchev–Trinajstić information content (AvgIpc) is 3.20. The first kappa shape index (κ1) is 21.6. The van der Waals surface area contributed by atoms with Crippen molar-refractivity contribution in [2.75, 3.05) is 32.8 Å². The van der Waals surface area contributed by atoms with Gasteiger partial charge in [0.05, 0.1) is 31.4 Å². The molecule has 166 valence electrons. The number of alkyl halides is 3. The van der Waals surface area contributed by atoms with E-state index in [0.717, 1.165) is 11.6 Å². The van der Waals surface area contributed by atoms with E-state index < -0.39 is 11.7 Å². The molecule has 0 saturated carbocycles. The van der Waals surface area contributed by atoms with Crippen molar-refractivity contribution in [1.82, 2.24) is 10.2 Å². The fourth-order valence-electron chi connectivity index (χ4n) is 4.12. The number of halogens is 3. The van der Waals surface area contributed by atoms with Gasteiger partial charge in [-0.05, 0) is 24.1 Å². The molecule has 2 aromatic carbocycles. The van der Waals surface area contributed by atoms with Gasteiger partial charge < -0.3 is 14.8 Å². The lowest BCUT2D eigenvalue weighted by atomic mass is 9.96. The highest BCUT2D eigenvalue weighted by molar-refractivity contribution is 5.81. The van der Waals surface area contributed by atoms with E-state index in [2.05, 4.69) is 10.2 Å². The summed E-state index contributed by atoms with van der Waals surface area (Å²) in [6.45, 7) is 4.80. The number of para-hydroxylation sites is 1. The molecule has 0 spiro atoms. The Kier molecular flexibility index (Phi) is 6.20. The van der Waals surface area contributed by atoms with Gasteiger partial charge in [0.2, 0.25) is 5.91 Å². The number of amides is 1. The molecule has 2 aliphatic rings. The van der Waals surface area contributed by atoms with Crippen LogP contribution < -0.4 is 10.1 Å². The van der Waals surface area contributed by atoms with Crippen LogP contribution in [0.1, 0.15) is 18.1 Å². The van der Waals surface area contributed by atoms with E-state index in [9.17, 15) is 18.0 Å². The molecule has 1 N–H and O–H groups in total. The fraction of sp³-hybridized carbons (Fsp3) is 0.435. The second-order valence-electron chi connectivity index (χ2n) is 7.85. The van der Waals surface area contributed by atoms with Crippen LogP contribution in [-0.4, -0.2) is 55.8 Å². The Hall–Kier alpha value is -2.58. The molecule has 0 aromatic heterocycles. The third kappa shape index (κ3) is 4.70. The molecule has 5 nitrogen and oxygen atoms in total. The Balaban J connectivity index is 1.45. The number of nitrogens with zero attached hydrogens (tertiary/aromatic N) is 1. The van der Waals surface area contributed by atoms with Crippen LogP contribution in [0.2, 0.25) is 0 Å². The highest BCUT2D eigenvalue weighted by Crippen LogP contribution is 2.43. The minimum Gasteiger partial charge on any atom is -0.487 e. The van der Waals surface area contributed by atoms with Crippen molar-refractivity contribution >= 4 is 5.91 Å². The molecular weight excluding hydrogens is 409 g/mol. The maximum atomic E-state index is 13.5. The van der Waals surface area contributed by atoms with Crippen molar-refractivity contribution in [3.63, 3.8) is 0 Å². The van der Waals surface area contributed by atoms with Crippen LogP contribution in [0.25, 0.3) is 11.1 Å². The van der Waals surface area contributed by atoms with Crippen molar-refractivity contribution in [1.29, 1.82) is 0 Å². The number of benzene rings is 2. The van der Waals surface area contributed by atoms with Gasteiger partial charge in [-0.25, -0.2) is 0 Å². The van der Waals surface area contributed by atoms with Crippen molar-refractivity contribution in [3.05, 3.63) is 53.6 Å². The van der Waals surface area contributed by atoms with Crippen LogP contribution in [0.4, 0.5) is 13.2 Å². The fourth-order valence-corrected chi connectivity index (χ4v) is 4.12. The minimum absolute atomic E-state index is 0.0934. The zero-order valence-corrected chi connectivity index (χ0v) is 17.2. The second-order valence-corrected chi connectivity index (χ2v) is 7.85. The summed E-state index contributed by atoms with van der Waals surface area (Å²) < 4.78 is 51.8. The molecule has 2 atom stereocenters. The normalized spacial score (nSPS) is 20.1. The van der Waals surface area contributed by atoms with Gasteiger partial charge in [0, 0.05) is 25.1 Å². The van der Waals surface area contributed by atoms with Crippen LogP contribution >= 0.6 is 0 Å². The van der Waals surface area contributed by atoms with E-state index in [-0.39, 0.29) is 23.6 Å². The Bertz CT molecular complexity index is 942. The smallest absolute Gasteiger partial charge is 0.417 e. The summed E-state index contributed by atoms with van der Waals surface area (Å²) in [5, 5.41) is 2.92. The van der Waals surface area contributed by atoms with Gasteiger partial charge in [-0.2, -0.15) is 13.2 Å². The third-order valence-corrected chi connectivity index (χ3v) is 5.83. The summed E-state index contributed by atoms with van der Waals surface area (Å²) in [4.78, 5) is 14.6. The molecule has 8 heteroatoms. The molecule has 31 heavy (non-hydrogen) atoms. The Morgan fingerprint density at radius 3 is 2.58 bits per heavy atom. The Morgan fingerprint density at radius 2 is 1.84 bits per heavy atom. The van der Waals surface area contributed by atoms with Gasteiger partial charge in [-0.1, -0.05) is 36.4 Å². The van der Waals surface area contributed by atoms with Crippen LogP contribution in [0, 0.1) is 0 Å². The lowest BCUT2D eigenvalue weighted by Crippen LogP contribution is -2.50. The number of hydrogen-bond donors (Lipinski definition) is 1. The van der Waals surface area contributed by atoms with Crippen molar-refractivity contribution in [2.45, 2.75) is 31.7 Å². The lowest BCUT2D eigenvalue weighted by molar-refractivity contribution is -0.137. The molecular formula is C23H25F3N2O3. The maximum Gasteiger partial charge on any atom is 0.417 e. The Labute approximate surface area is 179 Å². The Morgan fingerprint density at radius 1 is 1.13 bits per heavy atom. The summed E-state index contributed by atoms with van der Waals surface area (Å²) in [5.74, 6) is 0.365. The first-order chi connectivity index (χ1) is 14.8. The van der Waals surface area contributed by atoms with E-state index in [1.165, 1.54) is 12.1 Å². The standard InChI is InChI=1S/C23H25F3N2O3/c1-15(28-9-11-30-12-10-28)22(29)27-14-17-13-16-5-4-7-19(21(16)31-17)18-6-2-3-8-20(18)23(24,25)26/h2-8,15,17H,9-14H2,1H3,(H,27,29)/t15-,17-/m1/s1. The predicted octanol–water partition coefficient (Wildman–Crippen LogP) is 3.51. The molecule has 0 radical (unpaired) electrons. The van der Waals surface area contributed by atoms with Crippen molar-refractivity contribution < 1.29 is 27.4 Å². The van der Waals surface area contributed by atoms with E-state index in [1.54, 1.807) is 18.2 Å². The molecule has 2 aromatic rings. The summed E-state index contributed by atoms with van der Waals surface area (Å²) in [6.07, 6.45) is -4.25. The number of carbonyl (C=O) groups is 1. The van der Waals surface area contributed by atoms with Gasteiger partial charge in [-0.15, -0.1) is 0 Å². The SMILES string of the molecule is C[C@H](C(=O)NC[C@H]1Cc2cccc(-c3ccccc3C(F)(F)F)c2O1)N1CCOCC1. The van der Waals surface area contributed by atoms with Crippen molar-refractivity contribution in [3.8, 4) is 16.9 Å². The highest BCUT2D eigenvalue weighted by atomic mass is 19.4. The zero-order chi connectivity index (χ0) is 22.0. The van der Waals surface area contributed by atoms with Gasteiger partial charge >= 0.3 is 6.18 Å². The van der Waals surface area contributed by atoms with Gasteiger partial charge in [0.15, 0.2) is 0 Å². The molecule has 2 aliphatic heterocycles. The first-order valence-electron chi connectivity index (χ1n) is 10.4. The molecule has 0 bridgehead atoms. The van der Waals surface area contributed by atoms with Crippen molar-refractivity contribution in [2.24, 2.45) is 0 Å². The van der Waals surface area contributed by atoms with E-state index in [1.807, 2.05) is 13.0 Å². The predicted molar refractivity (Wildman–Crippen MR) is 110 cm³/mol. The molecule has 2 heterocycles. The summed E-state index contributed by atoms with van der Waals surface area (Å²) >= 11 is 0. The maximum absolute atomic E-state index is 13.5. The molecule has 1 fully saturated rings. The van der Waals surface area contributed by atoms with E-state index >= 15 is 0 Å². The van der Waals surface area contributed by atoms with Crippen LogP contribution in [0.3, 0.4) is 0 Å². The quantitative estimate of drug-likeness (QED) is 0.783. The number of rotatable bonds is 5. The van der Waals surface area contributed by atoms with Gasteiger partial charge in [0.25, 0.3) is 0 Å². The van der Waals surface area contributed by atoms with Gasteiger partial charge in [0.1, 0.15) is 11.9 Å². The van der Waals surface area contributed by atoms with E-state index in [4.69, 9.17) is 9.47 Å². The first-order valence-corrected chi connectivity index (χ1v) is 10.4. The largest absolute Gasteiger partial charge is 0.487 e. The monoisotopic (exact) mass is 434 g/mol. The summed E-state index contributed by atoms with van der Waals surface area (Å²) in [7, 11) is 0. The molecule has 0 aliphatic carbocycles. The van der Waals surface area contributed by atoms with Gasteiger partial charge in [-0.3, -0.25) is 9.69 Å². The number of nitrogens with one attached hydrogen (secondary N) is 1. The highest BCUT2D eigenvalue weighted by Gasteiger charge is 2.35.